The molecule has 0 radical (unpaired) electrons. The van der Waals surface area contributed by atoms with Crippen LogP contribution < -0.4 is 21.1 Å². The van der Waals surface area contributed by atoms with E-state index in [9.17, 15) is 24.0 Å². The van der Waals surface area contributed by atoms with Crippen molar-refractivity contribution in [1.82, 2.24) is 45.5 Å². The Bertz CT molecular complexity index is 2510. The molecule has 16 nitrogen and oxygen atoms in total. The molecule has 4 N–H and O–H groups in total. The number of rotatable bonds is 10. The first-order valence-corrected chi connectivity index (χ1v) is 22.6. The molecule has 3 aliphatic heterocycles. The average molecular weight is 873 g/mol. The number of likely N-dealkylation sites (tertiary alicyclic amines) is 2. The van der Waals surface area contributed by atoms with Crippen molar-refractivity contribution in [2.75, 3.05) is 57.3 Å². The quantitative estimate of drug-likeness (QED) is 0.141. The highest BCUT2D eigenvalue weighted by atomic mass is 16.6. The van der Waals surface area contributed by atoms with Crippen LogP contribution in [0, 0.1) is 12.8 Å². The number of aromatic nitrogens is 4. The molecule has 3 saturated heterocycles. The minimum atomic E-state index is -1.01. The van der Waals surface area contributed by atoms with Crippen molar-refractivity contribution in [2.24, 2.45) is 5.92 Å². The average Bonchev–Trinajstić information content (AvgIpc) is 3.78. The molecule has 3 fully saturated rings. The van der Waals surface area contributed by atoms with Crippen molar-refractivity contribution < 1.29 is 23.9 Å². The van der Waals surface area contributed by atoms with E-state index in [2.05, 4.69) is 35.7 Å². The van der Waals surface area contributed by atoms with Gasteiger partial charge in [-0.15, -0.1) is 0 Å². The third kappa shape index (κ3) is 10.5. The second-order valence-corrected chi connectivity index (χ2v) is 18.6. The zero-order valence-electron chi connectivity index (χ0n) is 37.3. The Morgan fingerprint density at radius 3 is 2.23 bits per heavy atom. The van der Waals surface area contributed by atoms with Gasteiger partial charge in [0.25, 0.3) is 5.56 Å². The number of nitrogens with zero attached hydrogens (tertiary/aromatic N) is 6. The largest absolute Gasteiger partial charge is 0.444 e. The number of hydrogen-bond acceptors (Lipinski definition) is 9. The molecule has 8 rings (SSSR count). The van der Waals surface area contributed by atoms with Gasteiger partial charge in [-0.05, 0) is 118 Å². The lowest BCUT2D eigenvalue weighted by Crippen LogP contribution is -2.59. The summed E-state index contributed by atoms with van der Waals surface area (Å²) in [6.07, 6.45) is 7.97. The molecule has 3 aliphatic rings. The first-order valence-electron chi connectivity index (χ1n) is 22.6. The molecular weight excluding hydrogens is 813 g/mol. The summed E-state index contributed by atoms with van der Waals surface area (Å²) in [7, 11) is 0. The Morgan fingerprint density at radius 2 is 1.52 bits per heavy atom. The molecule has 2 unspecified atom stereocenters. The fraction of sp³-hybridized carbons (Fsp3) is 0.479. The lowest BCUT2D eigenvalue weighted by atomic mass is 9.89. The van der Waals surface area contributed by atoms with Crippen molar-refractivity contribution >= 4 is 51.4 Å². The van der Waals surface area contributed by atoms with Gasteiger partial charge in [-0.3, -0.25) is 24.5 Å². The van der Waals surface area contributed by atoms with Crippen LogP contribution >= 0.6 is 0 Å². The Kier molecular flexibility index (Phi) is 13.2. The van der Waals surface area contributed by atoms with Crippen LogP contribution in [0.2, 0.25) is 0 Å². The number of pyridine rings is 2. The molecule has 2 atom stereocenters. The van der Waals surface area contributed by atoms with E-state index in [0.717, 1.165) is 38.6 Å². The summed E-state index contributed by atoms with van der Waals surface area (Å²) in [6.45, 7) is 11.5. The number of H-pyrrole nitrogens is 2. The van der Waals surface area contributed by atoms with E-state index in [1.807, 2.05) is 87.2 Å². The summed E-state index contributed by atoms with van der Waals surface area (Å²) in [5, 5.41) is 15.3. The standard InChI is InChI=1S/C48H60N10O6/c1-31-25-33(26-36-30-50-54-42(31)36)28-40(53-46(62)57-19-13-34(14-20-57)38-29-35-7-5-6-8-39(35)51-43(38)59)44(60)52-41(27-32-11-17-58(18-12-32)47(63)64-48(2,3)4)45(61)56-23-21-55(22-24-56)37-9-15-49-16-10-37/h5-10,15-16,25-26,29-30,32,34,40-41H,11-14,17-24,27-28H2,1-4H3,(H,50,54)(H,51,59)(H,52,60)(H,53,62). The third-order valence-electron chi connectivity index (χ3n) is 12.9. The summed E-state index contributed by atoms with van der Waals surface area (Å²) >= 11 is 0. The Labute approximate surface area is 373 Å². The van der Waals surface area contributed by atoms with Crippen LogP contribution in [-0.2, 0) is 20.7 Å². The van der Waals surface area contributed by atoms with E-state index in [1.165, 1.54) is 0 Å². The molecular formula is C48H60N10O6. The number of fused-ring (bicyclic) bond motifs is 2. The highest BCUT2D eigenvalue weighted by Gasteiger charge is 2.36. The SMILES string of the molecule is Cc1cc(CC(NC(=O)N2CCC(c3cc4ccccc4[nH]c3=O)CC2)C(=O)NC(CC2CCN(C(=O)OC(C)(C)C)CC2)C(=O)N2CCN(c3ccncc3)CC2)cc2cn[nH]c12. The molecule has 2 aromatic carbocycles. The number of piperidine rings is 2. The van der Waals surface area contributed by atoms with Gasteiger partial charge in [0.1, 0.15) is 17.7 Å². The lowest BCUT2D eigenvalue weighted by Gasteiger charge is -2.39. The van der Waals surface area contributed by atoms with Crippen LogP contribution in [0.4, 0.5) is 15.3 Å². The van der Waals surface area contributed by atoms with Crippen molar-refractivity contribution in [3.8, 4) is 0 Å². The van der Waals surface area contributed by atoms with Crippen molar-refractivity contribution in [1.29, 1.82) is 0 Å². The maximum Gasteiger partial charge on any atom is 0.410 e. The van der Waals surface area contributed by atoms with Gasteiger partial charge in [-0.2, -0.15) is 5.10 Å². The van der Waals surface area contributed by atoms with Crippen LogP contribution in [-0.4, -0.2) is 129 Å². The minimum Gasteiger partial charge on any atom is -0.444 e. The second kappa shape index (κ2) is 19.1. The van der Waals surface area contributed by atoms with Gasteiger partial charge >= 0.3 is 12.1 Å². The number of aromatic amines is 2. The predicted octanol–water partition coefficient (Wildman–Crippen LogP) is 5.48. The topological polar surface area (TPSA) is 189 Å². The first kappa shape index (κ1) is 44.2. The minimum absolute atomic E-state index is 0.0181. The van der Waals surface area contributed by atoms with E-state index in [-0.39, 0.29) is 41.8 Å². The van der Waals surface area contributed by atoms with Crippen LogP contribution in [0.1, 0.15) is 75.5 Å². The normalized spacial score (nSPS) is 17.6. The number of para-hydroxylation sites is 1. The number of anilines is 1. The van der Waals surface area contributed by atoms with E-state index < -0.39 is 23.6 Å². The molecule has 5 aromatic rings. The molecule has 0 aliphatic carbocycles. The number of hydrogen-bond donors (Lipinski definition) is 4. The van der Waals surface area contributed by atoms with Crippen LogP contribution in [0.15, 0.2) is 78.0 Å². The fourth-order valence-electron chi connectivity index (χ4n) is 9.44. The number of urea groups is 1. The maximum absolute atomic E-state index is 14.7. The van der Waals surface area contributed by atoms with Crippen LogP contribution in [0.25, 0.3) is 21.8 Å². The number of carbonyl (C=O) groups is 4. The number of piperazine rings is 1. The predicted molar refractivity (Wildman–Crippen MR) is 245 cm³/mol. The molecule has 16 heteroatoms. The van der Waals surface area contributed by atoms with E-state index in [1.54, 1.807) is 28.4 Å². The van der Waals surface area contributed by atoms with Gasteiger partial charge in [-0.25, -0.2) is 9.59 Å². The molecule has 0 bridgehead atoms. The zero-order valence-corrected chi connectivity index (χ0v) is 37.3. The van der Waals surface area contributed by atoms with Crippen LogP contribution in [0.3, 0.4) is 0 Å². The van der Waals surface area contributed by atoms with Gasteiger partial charge in [0.15, 0.2) is 0 Å². The van der Waals surface area contributed by atoms with Gasteiger partial charge < -0.3 is 40.0 Å². The molecule has 0 saturated carbocycles. The van der Waals surface area contributed by atoms with Crippen LogP contribution in [0.5, 0.6) is 0 Å². The Balaban J connectivity index is 0.990. The molecule has 338 valence electrons. The van der Waals surface area contributed by atoms with E-state index >= 15 is 0 Å². The first-order chi connectivity index (χ1) is 30.8. The monoisotopic (exact) mass is 872 g/mol. The molecule has 0 spiro atoms. The lowest BCUT2D eigenvalue weighted by molar-refractivity contribution is -0.137. The summed E-state index contributed by atoms with van der Waals surface area (Å²) in [4.78, 5) is 84.1. The zero-order chi connectivity index (χ0) is 45.0. The van der Waals surface area contributed by atoms with E-state index in [4.69, 9.17) is 4.74 Å². The Hall–Kier alpha value is -6.45. The van der Waals surface area contributed by atoms with Crippen molar-refractivity contribution in [3.63, 3.8) is 0 Å². The molecule has 5 amide bonds. The number of amides is 5. The molecule has 64 heavy (non-hydrogen) atoms. The maximum atomic E-state index is 14.7. The number of nitrogens with one attached hydrogen (secondary N) is 4. The second-order valence-electron chi connectivity index (χ2n) is 18.6. The number of aryl methyl sites for hydroxylation is 1. The number of ether oxygens (including phenoxy) is 1. The van der Waals surface area contributed by atoms with Gasteiger partial charge in [-0.1, -0.05) is 24.3 Å². The highest BCUT2D eigenvalue weighted by Crippen LogP contribution is 2.29. The smallest absolute Gasteiger partial charge is 0.410 e. The summed E-state index contributed by atoms with van der Waals surface area (Å²) in [5.41, 5.74) is 4.51. The molecule has 6 heterocycles. The Morgan fingerprint density at radius 1 is 0.812 bits per heavy atom. The third-order valence-corrected chi connectivity index (χ3v) is 12.9. The van der Waals surface area contributed by atoms with Gasteiger partial charge in [0.2, 0.25) is 11.8 Å². The summed E-state index contributed by atoms with van der Waals surface area (Å²) in [6, 6.07) is 15.3. The summed E-state index contributed by atoms with van der Waals surface area (Å²) in [5.74, 6) is -0.573. The summed E-state index contributed by atoms with van der Waals surface area (Å²) < 4.78 is 5.63. The van der Waals surface area contributed by atoms with Gasteiger partial charge in [0, 0.05) is 93.3 Å². The molecule has 3 aromatic heterocycles. The highest BCUT2D eigenvalue weighted by molar-refractivity contribution is 5.92. The van der Waals surface area contributed by atoms with E-state index in [0.29, 0.717) is 90.0 Å². The van der Waals surface area contributed by atoms with Crippen molar-refractivity contribution in [3.05, 3.63) is 100 Å². The number of benzene rings is 2. The fourth-order valence-corrected chi connectivity index (χ4v) is 9.44. The van der Waals surface area contributed by atoms with Gasteiger partial charge in [0.05, 0.1) is 11.7 Å². The van der Waals surface area contributed by atoms with Crippen molar-refractivity contribution in [2.45, 2.75) is 89.8 Å². The number of carbonyl (C=O) groups excluding carboxylic acids is 4.